The number of ether oxygens (including phenoxy) is 1. The zero-order chi connectivity index (χ0) is 15.3. The number of hydrogen-bond acceptors (Lipinski definition) is 3. The van der Waals surface area contributed by atoms with Gasteiger partial charge in [0, 0.05) is 17.8 Å². The van der Waals surface area contributed by atoms with Gasteiger partial charge in [-0.2, -0.15) is 0 Å². The highest BCUT2D eigenvalue weighted by Crippen LogP contribution is 2.60. The van der Waals surface area contributed by atoms with Gasteiger partial charge in [0.1, 0.15) is 5.78 Å². The fourth-order valence-electron chi connectivity index (χ4n) is 4.80. The van der Waals surface area contributed by atoms with Crippen LogP contribution in [0.3, 0.4) is 0 Å². The summed E-state index contributed by atoms with van der Waals surface area (Å²) in [6.07, 6.45) is 9.49. The molecular formula is C18H24O3. The Labute approximate surface area is 126 Å². The van der Waals surface area contributed by atoms with Crippen LogP contribution in [0.15, 0.2) is 23.3 Å². The summed E-state index contributed by atoms with van der Waals surface area (Å²) in [4.78, 5) is 24.6. The highest BCUT2D eigenvalue weighted by atomic mass is 16.5. The number of Topliss-reactive ketones (excluding diaryl/α,β-unsaturated/α-hetero) is 1. The second-order valence-electron chi connectivity index (χ2n) is 6.97. The minimum absolute atomic E-state index is 0.0118. The van der Waals surface area contributed by atoms with Crippen molar-refractivity contribution in [2.75, 3.05) is 7.11 Å². The Morgan fingerprint density at radius 3 is 2.81 bits per heavy atom. The lowest BCUT2D eigenvalue weighted by Crippen LogP contribution is -2.48. The Balaban J connectivity index is 2.14. The van der Waals surface area contributed by atoms with Crippen LogP contribution >= 0.6 is 0 Å². The molecule has 114 valence electrons. The summed E-state index contributed by atoms with van der Waals surface area (Å²) in [5, 5.41) is 0. The van der Waals surface area contributed by atoms with E-state index in [2.05, 4.69) is 19.1 Å². The number of ketones is 1. The smallest absolute Gasteiger partial charge is 0.316 e. The largest absolute Gasteiger partial charge is 0.468 e. The molecule has 3 rings (SSSR count). The van der Waals surface area contributed by atoms with Gasteiger partial charge in [-0.05, 0) is 37.7 Å². The average molecular weight is 288 g/mol. The van der Waals surface area contributed by atoms with E-state index < -0.39 is 5.41 Å². The third-order valence-electron chi connectivity index (χ3n) is 5.97. The molecule has 3 atom stereocenters. The lowest BCUT2D eigenvalue weighted by molar-refractivity contribution is -0.152. The molecule has 0 aromatic carbocycles. The molecule has 0 aliphatic heterocycles. The maximum absolute atomic E-state index is 12.5. The van der Waals surface area contributed by atoms with E-state index in [0.717, 1.165) is 25.7 Å². The number of carbonyl (C=O) groups is 2. The number of rotatable bonds is 1. The van der Waals surface area contributed by atoms with Gasteiger partial charge < -0.3 is 4.74 Å². The first-order chi connectivity index (χ1) is 9.95. The van der Waals surface area contributed by atoms with Gasteiger partial charge in [0.15, 0.2) is 0 Å². The van der Waals surface area contributed by atoms with E-state index >= 15 is 0 Å². The van der Waals surface area contributed by atoms with E-state index in [9.17, 15) is 9.59 Å². The van der Waals surface area contributed by atoms with Crippen LogP contribution in [0.1, 0.15) is 52.4 Å². The normalized spacial score (nSPS) is 38.8. The van der Waals surface area contributed by atoms with E-state index in [1.54, 1.807) is 0 Å². The molecule has 0 bridgehead atoms. The molecule has 0 saturated heterocycles. The molecule has 0 N–H and O–H groups in total. The molecule has 1 saturated carbocycles. The first-order valence-corrected chi connectivity index (χ1v) is 7.98. The summed E-state index contributed by atoms with van der Waals surface area (Å²) >= 11 is 0. The van der Waals surface area contributed by atoms with Crippen LogP contribution in [0.4, 0.5) is 0 Å². The first kappa shape index (κ1) is 14.6. The molecule has 0 aromatic heterocycles. The lowest BCUT2D eigenvalue weighted by Gasteiger charge is -2.52. The summed E-state index contributed by atoms with van der Waals surface area (Å²) in [7, 11) is 1.48. The molecule has 0 radical (unpaired) electrons. The number of fused-ring (bicyclic) bond motifs is 3. The van der Waals surface area contributed by atoms with Gasteiger partial charge in [-0.3, -0.25) is 9.59 Å². The molecular weight excluding hydrogens is 264 g/mol. The molecule has 0 amide bonds. The van der Waals surface area contributed by atoms with Crippen molar-refractivity contribution in [2.24, 2.45) is 16.7 Å². The van der Waals surface area contributed by atoms with Crippen molar-refractivity contribution in [3.63, 3.8) is 0 Å². The summed E-state index contributed by atoms with van der Waals surface area (Å²) in [5.41, 5.74) is 1.84. The van der Waals surface area contributed by atoms with E-state index in [-0.39, 0.29) is 17.3 Å². The monoisotopic (exact) mass is 288 g/mol. The Morgan fingerprint density at radius 2 is 2.10 bits per heavy atom. The predicted molar refractivity (Wildman–Crippen MR) is 80.6 cm³/mol. The SMILES string of the molecule is COC(=O)[C@@]12CC=C3C(C)C(=O)CC[C@]3(C)C1=CCCC2. The Kier molecular flexibility index (Phi) is 3.34. The van der Waals surface area contributed by atoms with Crippen molar-refractivity contribution in [3.8, 4) is 0 Å². The van der Waals surface area contributed by atoms with Crippen LogP contribution in [-0.2, 0) is 14.3 Å². The molecule has 0 aromatic rings. The van der Waals surface area contributed by atoms with Gasteiger partial charge in [0.25, 0.3) is 0 Å². The average Bonchev–Trinajstić information content (AvgIpc) is 2.50. The van der Waals surface area contributed by atoms with E-state index in [1.165, 1.54) is 18.3 Å². The second kappa shape index (κ2) is 4.82. The number of allylic oxidation sites excluding steroid dienone is 3. The van der Waals surface area contributed by atoms with Crippen LogP contribution in [0, 0.1) is 16.7 Å². The predicted octanol–water partition coefficient (Wildman–Crippen LogP) is 3.59. The molecule has 0 heterocycles. The molecule has 3 aliphatic carbocycles. The fourth-order valence-corrected chi connectivity index (χ4v) is 4.80. The van der Waals surface area contributed by atoms with Crippen molar-refractivity contribution in [2.45, 2.75) is 52.4 Å². The number of hydrogen-bond donors (Lipinski definition) is 0. The standard InChI is InChI=1S/C18H24O3/c1-12-13-7-11-18(16(20)21-3)9-5-4-6-15(18)17(13,2)10-8-14(12)19/h6-7,12H,4-5,8-11H2,1-3H3/t12?,17-,18-/m0/s1. The molecule has 21 heavy (non-hydrogen) atoms. The molecule has 3 nitrogen and oxygen atoms in total. The van der Waals surface area contributed by atoms with Crippen LogP contribution in [-0.4, -0.2) is 18.9 Å². The molecule has 1 unspecified atom stereocenters. The summed E-state index contributed by atoms with van der Waals surface area (Å²) in [6.45, 7) is 4.23. The zero-order valence-corrected chi connectivity index (χ0v) is 13.2. The van der Waals surface area contributed by atoms with Crippen LogP contribution in [0.25, 0.3) is 0 Å². The maximum atomic E-state index is 12.5. The Morgan fingerprint density at radius 1 is 1.33 bits per heavy atom. The first-order valence-electron chi connectivity index (χ1n) is 7.98. The van der Waals surface area contributed by atoms with Gasteiger partial charge in [-0.1, -0.05) is 31.6 Å². The van der Waals surface area contributed by atoms with E-state index in [4.69, 9.17) is 4.74 Å². The van der Waals surface area contributed by atoms with Gasteiger partial charge in [-0.25, -0.2) is 0 Å². The number of carbonyl (C=O) groups excluding carboxylic acids is 2. The highest BCUT2D eigenvalue weighted by Gasteiger charge is 2.55. The van der Waals surface area contributed by atoms with E-state index in [0.29, 0.717) is 18.6 Å². The number of esters is 1. The zero-order valence-electron chi connectivity index (χ0n) is 13.2. The van der Waals surface area contributed by atoms with Gasteiger partial charge in [-0.15, -0.1) is 0 Å². The lowest BCUT2D eigenvalue weighted by atomic mass is 9.51. The summed E-state index contributed by atoms with van der Waals surface area (Å²) < 4.78 is 5.15. The van der Waals surface area contributed by atoms with Gasteiger partial charge in [0.2, 0.25) is 0 Å². The highest BCUT2D eigenvalue weighted by molar-refractivity contribution is 5.88. The second-order valence-corrected chi connectivity index (χ2v) is 6.97. The van der Waals surface area contributed by atoms with Crippen molar-refractivity contribution < 1.29 is 14.3 Å². The third-order valence-corrected chi connectivity index (χ3v) is 5.97. The van der Waals surface area contributed by atoms with Crippen LogP contribution in [0.2, 0.25) is 0 Å². The third kappa shape index (κ3) is 1.86. The maximum Gasteiger partial charge on any atom is 0.316 e. The molecule has 1 fully saturated rings. The minimum atomic E-state index is -0.481. The Hall–Kier alpha value is -1.38. The molecule has 0 spiro atoms. The van der Waals surface area contributed by atoms with Crippen molar-refractivity contribution in [1.29, 1.82) is 0 Å². The quantitative estimate of drug-likeness (QED) is 0.547. The van der Waals surface area contributed by atoms with Crippen LogP contribution < -0.4 is 0 Å². The Bertz CT molecular complexity index is 557. The fraction of sp³-hybridized carbons (Fsp3) is 0.667. The van der Waals surface area contributed by atoms with Gasteiger partial charge in [0.05, 0.1) is 12.5 Å². The molecule has 3 aliphatic rings. The van der Waals surface area contributed by atoms with Crippen molar-refractivity contribution >= 4 is 11.8 Å². The molecule has 3 heteroatoms. The van der Waals surface area contributed by atoms with Gasteiger partial charge >= 0.3 is 5.97 Å². The van der Waals surface area contributed by atoms with Crippen LogP contribution in [0.5, 0.6) is 0 Å². The summed E-state index contributed by atoms with van der Waals surface area (Å²) in [6, 6.07) is 0. The topological polar surface area (TPSA) is 43.4 Å². The minimum Gasteiger partial charge on any atom is -0.468 e. The number of methoxy groups -OCH3 is 1. The van der Waals surface area contributed by atoms with Crippen molar-refractivity contribution in [1.82, 2.24) is 0 Å². The van der Waals surface area contributed by atoms with E-state index in [1.807, 2.05) is 6.92 Å². The summed E-state index contributed by atoms with van der Waals surface area (Å²) in [5.74, 6) is 0.220. The van der Waals surface area contributed by atoms with Crippen molar-refractivity contribution in [3.05, 3.63) is 23.3 Å².